The number of benzene rings is 1. The summed E-state index contributed by atoms with van der Waals surface area (Å²) in [5.74, 6) is 0. The van der Waals surface area contributed by atoms with Gasteiger partial charge in [-0.2, -0.15) is 0 Å². The molecule has 0 saturated carbocycles. The second kappa shape index (κ2) is 11.1. The van der Waals surface area contributed by atoms with Crippen LogP contribution in [0, 0.1) is 0 Å². The maximum atomic E-state index is 4.17. The molecule has 2 unspecified atom stereocenters. The van der Waals surface area contributed by atoms with Gasteiger partial charge in [-0.15, -0.1) is 13.2 Å². The van der Waals surface area contributed by atoms with Crippen LogP contribution in [0.5, 0.6) is 0 Å². The summed E-state index contributed by atoms with van der Waals surface area (Å²) >= 11 is 0. The van der Waals surface area contributed by atoms with E-state index in [2.05, 4.69) is 75.8 Å². The molecule has 29 heavy (non-hydrogen) atoms. The highest BCUT2D eigenvalue weighted by Gasteiger charge is 2.42. The van der Waals surface area contributed by atoms with Gasteiger partial charge in [-0.1, -0.05) is 68.3 Å². The van der Waals surface area contributed by atoms with Crippen LogP contribution in [0.1, 0.15) is 88.8 Å². The van der Waals surface area contributed by atoms with Crippen molar-refractivity contribution in [1.82, 2.24) is 4.98 Å². The van der Waals surface area contributed by atoms with Gasteiger partial charge in [0.2, 0.25) is 0 Å². The van der Waals surface area contributed by atoms with Gasteiger partial charge >= 0.3 is 0 Å². The molecule has 1 aromatic carbocycles. The van der Waals surface area contributed by atoms with Crippen LogP contribution < -0.4 is 4.98 Å². The van der Waals surface area contributed by atoms with Crippen molar-refractivity contribution in [3.63, 3.8) is 0 Å². The quantitative estimate of drug-likeness (QED) is 0.197. The zero-order valence-corrected chi connectivity index (χ0v) is 20.4. The van der Waals surface area contributed by atoms with Crippen molar-refractivity contribution in [3.8, 4) is 0 Å². The highest BCUT2D eigenvalue weighted by atomic mass is 28.3. The fourth-order valence-electron chi connectivity index (χ4n) is 4.91. The number of allylic oxidation sites excluding steroid dienone is 4. The first-order valence-corrected chi connectivity index (χ1v) is 14.4. The second-order valence-electron chi connectivity index (χ2n) is 9.97. The summed E-state index contributed by atoms with van der Waals surface area (Å²) in [7, 11) is -1.73. The fourth-order valence-corrected chi connectivity index (χ4v) is 9.71. The van der Waals surface area contributed by atoms with Gasteiger partial charge in [0, 0.05) is 11.1 Å². The highest BCUT2D eigenvalue weighted by molar-refractivity contribution is 6.78. The van der Waals surface area contributed by atoms with Crippen LogP contribution >= 0.6 is 0 Å². The third-order valence-corrected chi connectivity index (χ3v) is 10.6. The molecule has 0 saturated heterocycles. The van der Waals surface area contributed by atoms with E-state index in [4.69, 9.17) is 0 Å². The number of rotatable bonds is 13. The number of nitrogens with one attached hydrogen (secondary N) is 1. The summed E-state index contributed by atoms with van der Waals surface area (Å²) in [6.07, 6.45) is 16.6. The van der Waals surface area contributed by atoms with E-state index < -0.39 is 8.24 Å². The van der Waals surface area contributed by atoms with Gasteiger partial charge in [-0.3, -0.25) is 0 Å². The van der Waals surface area contributed by atoms with E-state index in [1.54, 1.807) is 11.1 Å². The zero-order chi connectivity index (χ0) is 21.3. The Bertz CT molecular complexity index is 697. The average molecular weight is 410 g/mol. The molecule has 1 aliphatic rings. The van der Waals surface area contributed by atoms with E-state index in [0.29, 0.717) is 5.54 Å². The Morgan fingerprint density at radius 2 is 1.62 bits per heavy atom. The van der Waals surface area contributed by atoms with Crippen LogP contribution in [0.4, 0.5) is 0 Å². The van der Waals surface area contributed by atoms with E-state index >= 15 is 0 Å². The first kappa shape index (κ1) is 23.9. The zero-order valence-electron chi connectivity index (χ0n) is 19.4. The molecule has 160 valence electrons. The first-order chi connectivity index (χ1) is 13.8. The van der Waals surface area contributed by atoms with Gasteiger partial charge in [0.15, 0.2) is 0 Å². The molecule has 0 bridgehead atoms. The summed E-state index contributed by atoms with van der Waals surface area (Å²) in [4.78, 5) is 4.17. The average Bonchev–Trinajstić information content (AvgIpc) is 3.03. The van der Waals surface area contributed by atoms with Crippen LogP contribution in [-0.2, 0) is 0 Å². The van der Waals surface area contributed by atoms with E-state index in [-0.39, 0.29) is 5.54 Å². The van der Waals surface area contributed by atoms with Gasteiger partial charge in [0.25, 0.3) is 0 Å². The SMILES string of the molecule is C=CCCCCCC[Si](C)(NC(C)(C)C)C1C=C(CCCC=C)c2ccccc21. The predicted octanol–water partition coefficient (Wildman–Crippen LogP) is 8.16. The molecule has 0 amide bonds. The van der Waals surface area contributed by atoms with Crippen molar-refractivity contribution in [2.75, 3.05) is 0 Å². The Morgan fingerprint density at radius 3 is 2.31 bits per heavy atom. The molecule has 0 fully saturated rings. The minimum atomic E-state index is -1.73. The van der Waals surface area contributed by atoms with Gasteiger partial charge < -0.3 is 4.98 Å². The summed E-state index contributed by atoms with van der Waals surface area (Å²) in [6.45, 7) is 17.3. The van der Waals surface area contributed by atoms with Crippen LogP contribution in [0.2, 0.25) is 12.6 Å². The molecule has 1 N–H and O–H groups in total. The molecule has 1 nitrogen and oxygen atoms in total. The Balaban J connectivity index is 2.21. The van der Waals surface area contributed by atoms with E-state index in [0.717, 1.165) is 12.8 Å². The van der Waals surface area contributed by atoms with Crippen molar-refractivity contribution in [3.05, 3.63) is 66.8 Å². The normalized spacial score (nSPS) is 18.1. The Morgan fingerprint density at radius 1 is 0.966 bits per heavy atom. The number of unbranched alkanes of at least 4 members (excludes halogenated alkanes) is 5. The van der Waals surface area contributed by atoms with Gasteiger partial charge in [0.1, 0.15) is 8.24 Å². The molecule has 0 aliphatic heterocycles. The van der Waals surface area contributed by atoms with E-state index in [9.17, 15) is 0 Å². The van der Waals surface area contributed by atoms with Crippen molar-refractivity contribution in [1.29, 1.82) is 0 Å². The largest absolute Gasteiger partial charge is 0.332 e. The Hall–Kier alpha value is -1.38. The van der Waals surface area contributed by atoms with Crippen LogP contribution in [0.15, 0.2) is 55.7 Å². The highest BCUT2D eigenvalue weighted by Crippen LogP contribution is 2.44. The smallest absolute Gasteiger partial charge is 0.134 e. The Kier molecular flexibility index (Phi) is 9.17. The molecule has 0 spiro atoms. The minimum Gasteiger partial charge on any atom is -0.332 e. The molecule has 0 heterocycles. The summed E-state index contributed by atoms with van der Waals surface area (Å²) in [5.41, 5.74) is 5.36. The third-order valence-electron chi connectivity index (χ3n) is 6.07. The van der Waals surface area contributed by atoms with Gasteiger partial charge in [0.05, 0.1) is 0 Å². The second-order valence-corrected chi connectivity index (χ2v) is 14.2. The van der Waals surface area contributed by atoms with Crippen LogP contribution in [0.25, 0.3) is 5.57 Å². The van der Waals surface area contributed by atoms with E-state index in [1.165, 1.54) is 50.1 Å². The first-order valence-electron chi connectivity index (χ1n) is 11.6. The van der Waals surface area contributed by atoms with Crippen molar-refractivity contribution >= 4 is 13.8 Å². The third kappa shape index (κ3) is 7.11. The predicted molar refractivity (Wildman–Crippen MR) is 134 cm³/mol. The van der Waals surface area contributed by atoms with Gasteiger partial charge in [-0.05, 0) is 75.6 Å². The van der Waals surface area contributed by atoms with Crippen LogP contribution in [-0.4, -0.2) is 13.8 Å². The molecule has 2 heteroatoms. The minimum absolute atomic E-state index is 0.151. The molecule has 0 radical (unpaired) electrons. The number of hydrogen-bond donors (Lipinski definition) is 1. The summed E-state index contributed by atoms with van der Waals surface area (Å²) < 4.78 is 0. The number of hydrogen-bond acceptors (Lipinski definition) is 1. The summed E-state index contributed by atoms with van der Waals surface area (Å²) in [6, 6.07) is 10.5. The molecular formula is C27H43NSi. The topological polar surface area (TPSA) is 12.0 Å². The fraction of sp³-hybridized carbons (Fsp3) is 0.556. The Labute approximate surface area is 181 Å². The molecule has 2 rings (SSSR count). The van der Waals surface area contributed by atoms with Crippen molar-refractivity contribution in [2.45, 2.75) is 95.8 Å². The van der Waals surface area contributed by atoms with Crippen molar-refractivity contribution < 1.29 is 0 Å². The standard InChI is InChI=1S/C27H43NSi/c1-7-9-11-12-13-17-21-29(6,28-27(3,4)5)26-22-23(18-14-10-8-2)24-19-15-16-20-25(24)26/h7-8,15-16,19-20,22,26,28H,1-2,9-14,17-18,21H2,3-6H3. The lowest BCUT2D eigenvalue weighted by Crippen LogP contribution is -2.59. The lowest BCUT2D eigenvalue weighted by molar-refractivity contribution is 0.503. The van der Waals surface area contributed by atoms with Crippen molar-refractivity contribution in [2.24, 2.45) is 0 Å². The van der Waals surface area contributed by atoms with Gasteiger partial charge in [-0.25, -0.2) is 0 Å². The lowest BCUT2D eigenvalue weighted by atomic mass is 10.0. The number of fused-ring (bicyclic) bond motifs is 1. The van der Waals surface area contributed by atoms with Crippen LogP contribution in [0.3, 0.4) is 0 Å². The lowest BCUT2D eigenvalue weighted by Gasteiger charge is -2.40. The monoisotopic (exact) mass is 409 g/mol. The van der Waals surface area contributed by atoms with E-state index in [1.807, 2.05) is 12.2 Å². The molecule has 1 aliphatic carbocycles. The maximum Gasteiger partial charge on any atom is 0.134 e. The molecule has 1 aromatic rings. The maximum absolute atomic E-state index is 4.17. The molecule has 2 atom stereocenters. The summed E-state index contributed by atoms with van der Waals surface area (Å²) in [5, 5.41) is 0. The molecular weight excluding hydrogens is 366 g/mol. The molecule has 0 aromatic heterocycles.